The van der Waals surface area contributed by atoms with Gasteiger partial charge in [0.05, 0.1) is 39.9 Å². The van der Waals surface area contributed by atoms with Crippen molar-refractivity contribution in [2.45, 2.75) is 31.7 Å². The Hall–Kier alpha value is -2.75. The number of carbonyl (C=O) groups is 1. The third-order valence-corrected chi connectivity index (χ3v) is 8.53. The number of pyridine rings is 1. The number of thiazole rings is 1. The fourth-order valence-corrected chi connectivity index (χ4v) is 6.27. The van der Waals surface area contributed by atoms with Crippen LogP contribution in [0.2, 0.25) is 0 Å². The first kappa shape index (κ1) is 23.6. The van der Waals surface area contributed by atoms with E-state index in [0.29, 0.717) is 25.0 Å². The van der Waals surface area contributed by atoms with E-state index < -0.39 is 0 Å². The van der Waals surface area contributed by atoms with Crippen LogP contribution in [0.25, 0.3) is 21.5 Å². The quantitative estimate of drug-likeness (QED) is 0.524. The SMILES string of the molecule is O=C1C[C@@H](CCOc2cc(-c3ccc(N4CCN(C5CCOCC5)CC4)cn3)cc3ncsc23)CN1. The molecule has 5 heterocycles. The lowest BCUT2D eigenvalue weighted by Crippen LogP contribution is -2.51. The molecule has 2 aromatic heterocycles. The Morgan fingerprint density at radius 3 is 2.72 bits per heavy atom. The maximum Gasteiger partial charge on any atom is 0.220 e. The first-order valence-electron chi connectivity index (χ1n) is 13.0. The molecule has 1 N–H and O–H groups in total. The van der Waals surface area contributed by atoms with Gasteiger partial charge in [0.1, 0.15) is 5.75 Å². The van der Waals surface area contributed by atoms with Crippen LogP contribution in [0.1, 0.15) is 25.7 Å². The third kappa shape index (κ3) is 5.19. The summed E-state index contributed by atoms with van der Waals surface area (Å²) in [7, 11) is 0. The highest BCUT2D eigenvalue weighted by molar-refractivity contribution is 7.17. The van der Waals surface area contributed by atoms with Crippen LogP contribution in [-0.2, 0) is 9.53 Å². The molecule has 3 aromatic rings. The number of piperazine rings is 1. The predicted molar refractivity (Wildman–Crippen MR) is 142 cm³/mol. The van der Waals surface area contributed by atoms with Crippen molar-refractivity contribution < 1.29 is 14.3 Å². The Morgan fingerprint density at radius 2 is 1.97 bits per heavy atom. The summed E-state index contributed by atoms with van der Waals surface area (Å²) >= 11 is 1.59. The van der Waals surface area contributed by atoms with Gasteiger partial charge in [-0.15, -0.1) is 11.3 Å². The zero-order chi connectivity index (χ0) is 24.3. The van der Waals surface area contributed by atoms with Crippen LogP contribution in [0.5, 0.6) is 5.75 Å². The highest BCUT2D eigenvalue weighted by Crippen LogP contribution is 2.35. The van der Waals surface area contributed by atoms with Gasteiger partial charge in [0.25, 0.3) is 0 Å². The molecule has 3 saturated heterocycles. The van der Waals surface area contributed by atoms with Gasteiger partial charge in [-0.3, -0.25) is 14.7 Å². The fourth-order valence-electron chi connectivity index (χ4n) is 5.54. The molecular formula is C27H33N5O3S. The largest absolute Gasteiger partial charge is 0.492 e. The van der Waals surface area contributed by atoms with Crippen molar-refractivity contribution in [2.24, 2.45) is 5.92 Å². The summed E-state index contributed by atoms with van der Waals surface area (Å²) in [4.78, 5) is 25.9. The molecule has 36 heavy (non-hydrogen) atoms. The number of hydrogen-bond donors (Lipinski definition) is 1. The minimum absolute atomic E-state index is 0.141. The van der Waals surface area contributed by atoms with Crippen LogP contribution >= 0.6 is 11.3 Å². The lowest BCUT2D eigenvalue weighted by Gasteiger charge is -2.41. The summed E-state index contributed by atoms with van der Waals surface area (Å²) in [5, 5.41) is 2.90. The van der Waals surface area contributed by atoms with Crippen molar-refractivity contribution in [1.29, 1.82) is 0 Å². The highest BCUT2D eigenvalue weighted by atomic mass is 32.1. The number of benzene rings is 1. The summed E-state index contributed by atoms with van der Waals surface area (Å²) in [6.07, 6.45) is 5.76. The van der Waals surface area contributed by atoms with E-state index in [4.69, 9.17) is 14.5 Å². The first-order valence-corrected chi connectivity index (χ1v) is 13.9. The number of aromatic nitrogens is 2. The van der Waals surface area contributed by atoms with Gasteiger partial charge < -0.3 is 19.7 Å². The number of nitrogens with one attached hydrogen (secondary N) is 1. The van der Waals surface area contributed by atoms with E-state index in [-0.39, 0.29) is 5.91 Å². The Bertz CT molecular complexity index is 1190. The average Bonchev–Trinajstić information content (AvgIpc) is 3.58. The normalized spacial score (nSPS) is 21.7. The van der Waals surface area contributed by atoms with Crippen molar-refractivity contribution in [3.05, 3.63) is 36.0 Å². The first-order chi connectivity index (χ1) is 17.7. The number of anilines is 1. The molecule has 1 atom stereocenters. The standard InChI is InChI=1S/C27H33N5O3S/c33-26-13-19(16-29-26)3-12-35-25-15-20(14-24-27(25)36-18-30-24)23-2-1-22(17-28-23)32-8-6-31(7-9-32)21-4-10-34-11-5-21/h1-2,14-15,17-19,21H,3-13,16H2,(H,29,33)/t19-/m1/s1. The second kappa shape index (κ2) is 10.7. The molecule has 0 spiro atoms. The number of ether oxygens (including phenoxy) is 2. The Labute approximate surface area is 215 Å². The second-order valence-corrected chi connectivity index (χ2v) is 10.8. The Morgan fingerprint density at radius 1 is 1.11 bits per heavy atom. The van der Waals surface area contributed by atoms with Crippen molar-refractivity contribution in [3.8, 4) is 17.0 Å². The number of carbonyl (C=O) groups excluding carboxylic acids is 1. The van der Waals surface area contributed by atoms with Gasteiger partial charge >= 0.3 is 0 Å². The predicted octanol–water partition coefficient (Wildman–Crippen LogP) is 3.56. The minimum Gasteiger partial charge on any atom is -0.492 e. The van der Waals surface area contributed by atoms with Gasteiger partial charge in [-0.1, -0.05) is 0 Å². The maximum absolute atomic E-state index is 11.5. The van der Waals surface area contributed by atoms with Gasteiger partial charge in [-0.25, -0.2) is 4.98 Å². The van der Waals surface area contributed by atoms with Gasteiger partial charge in [0.2, 0.25) is 5.91 Å². The third-order valence-electron chi connectivity index (χ3n) is 7.67. The molecule has 0 saturated carbocycles. The van der Waals surface area contributed by atoms with Gasteiger partial charge in [-0.05, 0) is 49.4 Å². The van der Waals surface area contributed by atoms with Crippen molar-refractivity contribution in [2.75, 3.05) is 57.4 Å². The molecule has 1 amide bonds. The van der Waals surface area contributed by atoms with Crippen LogP contribution < -0.4 is 15.0 Å². The summed E-state index contributed by atoms with van der Waals surface area (Å²) in [6.45, 7) is 7.38. The van der Waals surface area contributed by atoms with Crippen LogP contribution in [0.4, 0.5) is 5.69 Å². The molecule has 8 nitrogen and oxygen atoms in total. The lowest BCUT2D eigenvalue weighted by molar-refractivity contribution is -0.119. The Kier molecular flexibility index (Phi) is 7.03. The summed E-state index contributed by atoms with van der Waals surface area (Å²) in [5.41, 5.74) is 5.90. The molecule has 0 unspecified atom stereocenters. The lowest BCUT2D eigenvalue weighted by atomic mass is 10.1. The summed E-state index contributed by atoms with van der Waals surface area (Å²) < 4.78 is 12.8. The van der Waals surface area contributed by atoms with Gasteiger partial charge in [0, 0.05) is 64.0 Å². The number of fused-ring (bicyclic) bond motifs is 1. The van der Waals surface area contributed by atoms with E-state index in [2.05, 4.69) is 44.4 Å². The molecule has 0 aliphatic carbocycles. The van der Waals surface area contributed by atoms with E-state index in [1.165, 1.54) is 5.69 Å². The second-order valence-electron chi connectivity index (χ2n) is 9.95. The molecule has 6 rings (SSSR count). The molecule has 0 radical (unpaired) electrons. The van der Waals surface area contributed by atoms with Gasteiger partial charge in [-0.2, -0.15) is 0 Å². The smallest absolute Gasteiger partial charge is 0.220 e. The minimum atomic E-state index is 0.141. The molecule has 3 aliphatic heterocycles. The van der Waals surface area contributed by atoms with E-state index in [1.54, 1.807) is 11.3 Å². The maximum atomic E-state index is 11.5. The fraction of sp³-hybridized carbons (Fsp3) is 0.519. The number of nitrogens with zero attached hydrogens (tertiary/aromatic N) is 4. The molecule has 1 aromatic carbocycles. The van der Waals surface area contributed by atoms with E-state index in [1.807, 2.05) is 11.7 Å². The molecule has 0 bridgehead atoms. The summed E-state index contributed by atoms with van der Waals surface area (Å²) in [5.74, 6) is 1.34. The van der Waals surface area contributed by atoms with E-state index in [0.717, 1.165) is 92.4 Å². The van der Waals surface area contributed by atoms with Crippen molar-refractivity contribution in [1.82, 2.24) is 20.2 Å². The van der Waals surface area contributed by atoms with Crippen molar-refractivity contribution >= 4 is 33.1 Å². The molecule has 9 heteroatoms. The van der Waals surface area contributed by atoms with Crippen molar-refractivity contribution in [3.63, 3.8) is 0 Å². The molecule has 3 fully saturated rings. The molecule has 3 aliphatic rings. The molecular weight excluding hydrogens is 474 g/mol. The average molecular weight is 508 g/mol. The highest BCUT2D eigenvalue weighted by Gasteiger charge is 2.26. The van der Waals surface area contributed by atoms with Crippen LogP contribution in [0.15, 0.2) is 36.0 Å². The summed E-state index contributed by atoms with van der Waals surface area (Å²) in [6, 6.07) is 9.13. The Balaban J connectivity index is 1.11. The topological polar surface area (TPSA) is 79.8 Å². The van der Waals surface area contributed by atoms with E-state index >= 15 is 0 Å². The number of rotatable bonds is 7. The van der Waals surface area contributed by atoms with Crippen LogP contribution in [0, 0.1) is 5.92 Å². The number of hydrogen-bond acceptors (Lipinski definition) is 8. The van der Waals surface area contributed by atoms with Crippen LogP contribution in [0.3, 0.4) is 0 Å². The monoisotopic (exact) mass is 507 g/mol. The van der Waals surface area contributed by atoms with E-state index in [9.17, 15) is 4.79 Å². The molecule has 190 valence electrons. The van der Waals surface area contributed by atoms with Gasteiger partial charge in [0.15, 0.2) is 0 Å². The number of amides is 1. The zero-order valence-electron chi connectivity index (χ0n) is 20.5. The zero-order valence-corrected chi connectivity index (χ0v) is 21.3. The van der Waals surface area contributed by atoms with Crippen LogP contribution in [-0.4, -0.2) is 79.4 Å².